The van der Waals surface area contributed by atoms with Crippen molar-refractivity contribution in [2.75, 3.05) is 26.2 Å². The summed E-state index contributed by atoms with van der Waals surface area (Å²) in [5.74, 6) is -1.22. The van der Waals surface area contributed by atoms with E-state index in [9.17, 15) is 18.0 Å². The highest BCUT2D eigenvalue weighted by atomic mass is 32.1. The first-order valence-electron chi connectivity index (χ1n) is 9.36. The third-order valence-electron chi connectivity index (χ3n) is 5.01. The maximum atomic E-state index is 12.0. The van der Waals surface area contributed by atoms with Crippen molar-refractivity contribution < 1.29 is 37.1 Å². The summed E-state index contributed by atoms with van der Waals surface area (Å²) in [7, 11) is 0. The van der Waals surface area contributed by atoms with Crippen LogP contribution >= 0.6 is 11.3 Å². The number of fused-ring (bicyclic) bond motifs is 1. The van der Waals surface area contributed by atoms with Gasteiger partial charge in [-0.3, -0.25) is 9.69 Å². The van der Waals surface area contributed by atoms with Gasteiger partial charge in [-0.25, -0.2) is 9.78 Å². The maximum absolute atomic E-state index is 12.0. The van der Waals surface area contributed by atoms with Crippen LogP contribution in [0.1, 0.15) is 21.9 Å². The second-order valence-electron chi connectivity index (χ2n) is 7.31. The number of aliphatic carboxylic acids is 1. The predicted octanol–water partition coefficient (Wildman–Crippen LogP) is 1.95. The van der Waals surface area contributed by atoms with Gasteiger partial charge in [-0.05, 0) is 6.92 Å². The minimum Gasteiger partial charge on any atom is -0.475 e. The maximum Gasteiger partial charge on any atom is 0.490 e. The van der Waals surface area contributed by atoms with E-state index in [1.807, 2.05) is 13.0 Å². The van der Waals surface area contributed by atoms with Gasteiger partial charge in [0.05, 0.1) is 23.9 Å². The largest absolute Gasteiger partial charge is 0.490 e. The second-order valence-corrected chi connectivity index (χ2v) is 8.02. The molecule has 2 aromatic rings. The fraction of sp³-hybridized carbons (Fsp3) is 0.556. The molecule has 0 unspecified atom stereocenters. The number of carbonyl (C=O) groups is 2. The Morgan fingerprint density at radius 1 is 1.39 bits per heavy atom. The number of halogens is 3. The summed E-state index contributed by atoms with van der Waals surface area (Å²) < 4.78 is 42.8. The number of thiazole rings is 1. The quantitative estimate of drug-likeness (QED) is 0.693. The molecule has 9 nitrogen and oxygen atoms in total. The fourth-order valence-electron chi connectivity index (χ4n) is 3.58. The highest BCUT2D eigenvalue weighted by Crippen LogP contribution is 2.34. The first-order chi connectivity index (χ1) is 14.6. The topological polar surface area (TPSA) is 118 Å². The molecule has 2 fully saturated rings. The molecule has 0 radical (unpaired) electrons. The Morgan fingerprint density at radius 2 is 2.13 bits per heavy atom. The number of ether oxygens (including phenoxy) is 1. The van der Waals surface area contributed by atoms with Crippen LogP contribution in [0.15, 0.2) is 21.5 Å². The van der Waals surface area contributed by atoms with Crippen molar-refractivity contribution in [2.24, 2.45) is 11.8 Å². The van der Waals surface area contributed by atoms with Gasteiger partial charge in [-0.15, -0.1) is 11.3 Å². The number of nitrogens with one attached hydrogen (secondary N) is 1. The standard InChI is InChI=1S/C16H20N4O3S.C2HF3O2/c1-10-2-12(19-23-10)4-20-5-13-11(7-22-15(13)6-20)3-17-16(21)14-8-24-9-18-14;3-2(4,5)1(6)7/h2,8-9,11,13,15H,3-7H2,1H3,(H,17,21);(H,6,7)/t11-,13+,15+;/m0./s1. The van der Waals surface area contributed by atoms with Crippen molar-refractivity contribution >= 4 is 23.2 Å². The Kier molecular flexibility index (Phi) is 7.28. The molecule has 2 aromatic heterocycles. The van der Waals surface area contributed by atoms with Crippen LogP contribution < -0.4 is 5.32 Å². The van der Waals surface area contributed by atoms with E-state index in [2.05, 4.69) is 20.4 Å². The number of hydrogen-bond acceptors (Lipinski definition) is 8. The summed E-state index contributed by atoms with van der Waals surface area (Å²) in [5, 5.41) is 15.9. The van der Waals surface area contributed by atoms with Crippen LogP contribution in [0.3, 0.4) is 0 Å². The molecule has 4 heterocycles. The molecule has 2 N–H and O–H groups in total. The van der Waals surface area contributed by atoms with Gasteiger partial charge < -0.3 is 19.7 Å². The number of amides is 1. The van der Waals surface area contributed by atoms with Crippen molar-refractivity contribution in [3.8, 4) is 0 Å². The second kappa shape index (κ2) is 9.75. The lowest BCUT2D eigenvalue weighted by atomic mass is 9.93. The summed E-state index contributed by atoms with van der Waals surface area (Å²) in [6.45, 7) is 5.91. The van der Waals surface area contributed by atoms with Crippen LogP contribution in [0.2, 0.25) is 0 Å². The number of carbonyl (C=O) groups excluding carboxylic acids is 1. The first-order valence-corrected chi connectivity index (χ1v) is 10.3. The molecule has 1 amide bonds. The van der Waals surface area contributed by atoms with Gasteiger partial charge in [0.2, 0.25) is 0 Å². The Balaban J connectivity index is 0.000000339. The SMILES string of the molecule is Cc1cc(CN2C[C@@H]3[C@@H](CNC(=O)c4cscn4)CO[C@@H]3C2)no1.O=C(O)C(F)(F)F. The van der Waals surface area contributed by atoms with Crippen molar-refractivity contribution in [1.29, 1.82) is 0 Å². The van der Waals surface area contributed by atoms with Crippen LogP contribution in [-0.4, -0.2) is 70.5 Å². The van der Waals surface area contributed by atoms with Gasteiger partial charge in [0.15, 0.2) is 0 Å². The van der Waals surface area contributed by atoms with Crippen molar-refractivity contribution in [3.05, 3.63) is 34.1 Å². The van der Waals surface area contributed by atoms with Gasteiger partial charge >= 0.3 is 12.1 Å². The van der Waals surface area contributed by atoms with Gasteiger partial charge in [0, 0.05) is 49.5 Å². The number of alkyl halides is 3. The number of likely N-dealkylation sites (tertiary alicyclic amines) is 1. The zero-order chi connectivity index (χ0) is 22.6. The van der Waals surface area contributed by atoms with E-state index in [1.54, 1.807) is 10.9 Å². The molecule has 0 aromatic carbocycles. The molecule has 4 rings (SSSR count). The molecule has 2 aliphatic rings. The van der Waals surface area contributed by atoms with E-state index in [0.717, 1.165) is 31.1 Å². The average Bonchev–Trinajstić information content (AvgIpc) is 3.45. The van der Waals surface area contributed by atoms with Gasteiger partial charge in [-0.1, -0.05) is 5.16 Å². The van der Waals surface area contributed by atoms with E-state index >= 15 is 0 Å². The Hall–Kier alpha value is -2.51. The van der Waals surface area contributed by atoms with Gasteiger partial charge in [0.25, 0.3) is 5.91 Å². The number of aromatic nitrogens is 2. The molecular formula is C18H21F3N4O5S. The van der Waals surface area contributed by atoms with E-state index in [0.29, 0.717) is 30.7 Å². The zero-order valence-corrected chi connectivity index (χ0v) is 17.3. The predicted molar refractivity (Wildman–Crippen MR) is 101 cm³/mol. The van der Waals surface area contributed by atoms with E-state index < -0.39 is 12.1 Å². The van der Waals surface area contributed by atoms with Crippen LogP contribution in [0.5, 0.6) is 0 Å². The van der Waals surface area contributed by atoms with Crippen LogP contribution in [0, 0.1) is 18.8 Å². The van der Waals surface area contributed by atoms with Gasteiger partial charge in [-0.2, -0.15) is 13.2 Å². The van der Waals surface area contributed by atoms with Crippen LogP contribution in [-0.2, 0) is 16.1 Å². The van der Waals surface area contributed by atoms with E-state index in [-0.39, 0.29) is 12.0 Å². The first kappa shape index (κ1) is 23.2. The fourth-order valence-corrected chi connectivity index (χ4v) is 4.11. The monoisotopic (exact) mass is 462 g/mol. The third kappa shape index (κ3) is 6.24. The molecule has 2 saturated heterocycles. The lowest BCUT2D eigenvalue weighted by molar-refractivity contribution is -0.192. The Morgan fingerprint density at radius 3 is 2.71 bits per heavy atom. The lowest BCUT2D eigenvalue weighted by Gasteiger charge is -2.19. The molecule has 2 aliphatic heterocycles. The van der Waals surface area contributed by atoms with Gasteiger partial charge in [0.1, 0.15) is 11.5 Å². The molecule has 0 saturated carbocycles. The van der Waals surface area contributed by atoms with Crippen molar-refractivity contribution in [1.82, 2.24) is 20.4 Å². The Labute approximate surface area is 179 Å². The minimum atomic E-state index is -5.08. The summed E-state index contributed by atoms with van der Waals surface area (Å²) in [6, 6.07) is 1.97. The highest BCUT2D eigenvalue weighted by molar-refractivity contribution is 7.07. The minimum absolute atomic E-state index is 0.104. The number of carboxylic acids is 1. The number of carboxylic acid groups (broad SMARTS) is 1. The number of nitrogens with zero attached hydrogens (tertiary/aromatic N) is 3. The van der Waals surface area contributed by atoms with E-state index in [4.69, 9.17) is 19.2 Å². The number of hydrogen-bond donors (Lipinski definition) is 2. The molecule has 0 aliphatic carbocycles. The average molecular weight is 462 g/mol. The lowest BCUT2D eigenvalue weighted by Crippen LogP contribution is -2.34. The summed E-state index contributed by atoms with van der Waals surface area (Å²) in [5.41, 5.74) is 3.12. The van der Waals surface area contributed by atoms with E-state index in [1.165, 1.54) is 11.3 Å². The molecule has 13 heteroatoms. The molecule has 31 heavy (non-hydrogen) atoms. The summed E-state index contributed by atoms with van der Waals surface area (Å²) in [4.78, 5) is 27.3. The van der Waals surface area contributed by atoms with Crippen molar-refractivity contribution in [3.63, 3.8) is 0 Å². The Bertz CT molecular complexity index is 889. The smallest absolute Gasteiger partial charge is 0.475 e. The molecule has 3 atom stereocenters. The zero-order valence-electron chi connectivity index (χ0n) is 16.5. The number of aryl methyl sites for hydroxylation is 1. The van der Waals surface area contributed by atoms with Crippen molar-refractivity contribution in [2.45, 2.75) is 25.7 Å². The number of rotatable bonds is 5. The summed E-state index contributed by atoms with van der Waals surface area (Å²) in [6.07, 6.45) is -4.83. The highest BCUT2D eigenvalue weighted by Gasteiger charge is 2.43. The normalized spacial score (nSPS) is 23.2. The summed E-state index contributed by atoms with van der Waals surface area (Å²) >= 11 is 1.43. The molecule has 0 spiro atoms. The van der Waals surface area contributed by atoms with Crippen LogP contribution in [0.25, 0.3) is 0 Å². The molecular weight excluding hydrogens is 441 g/mol. The van der Waals surface area contributed by atoms with Crippen LogP contribution in [0.4, 0.5) is 13.2 Å². The molecule has 0 bridgehead atoms. The molecule has 170 valence electrons. The third-order valence-corrected chi connectivity index (χ3v) is 5.60.